The van der Waals surface area contributed by atoms with Gasteiger partial charge >= 0.3 is 0 Å². The molecule has 1 fully saturated rings. The Hall–Kier alpha value is -2.69. The van der Waals surface area contributed by atoms with Gasteiger partial charge in [-0.3, -0.25) is 14.3 Å². The van der Waals surface area contributed by atoms with Crippen LogP contribution in [0.25, 0.3) is 0 Å². The Morgan fingerprint density at radius 1 is 1.29 bits per heavy atom. The second kappa shape index (κ2) is 7.77. The number of aryl methyl sites for hydroxylation is 1. The highest BCUT2D eigenvalue weighted by atomic mass is 35.5. The summed E-state index contributed by atoms with van der Waals surface area (Å²) in [4.78, 5) is 26.8. The van der Waals surface area contributed by atoms with Crippen LogP contribution in [0.2, 0.25) is 5.02 Å². The number of benzene rings is 2. The molecule has 0 spiro atoms. The van der Waals surface area contributed by atoms with Crippen LogP contribution in [0.4, 0.5) is 15.8 Å². The first-order valence-electron chi connectivity index (χ1n) is 9.48. The first-order valence-corrected chi connectivity index (χ1v) is 11.5. The third-order valence-electron chi connectivity index (χ3n) is 5.35. The number of carbonyl (C=O) groups is 2. The first kappa shape index (κ1) is 21.5. The maximum absolute atomic E-state index is 13.4. The van der Waals surface area contributed by atoms with Crippen LogP contribution in [0.15, 0.2) is 36.4 Å². The van der Waals surface area contributed by atoms with E-state index in [2.05, 4.69) is 10.0 Å². The molecule has 164 valence electrons. The molecule has 0 radical (unpaired) electrons. The summed E-state index contributed by atoms with van der Waals surface area (Å²) in [5.74, 6) is -2.29. The van der Waals surface area contributed by atoms with Crippen LogP contribution in [-0.4, -0.2) is 43.2 Å². The predicted octanol–water partition coefficient (Wildman–Crippen LogP) is 1.56. The van der Waals surface area contributed by atoms with Crippen molar-refractivity contribution in [1.29, 1.82) is 0 Å². The van der Waals surface area contributed by atoms with Gasteiger partial charge in [0.2, 0.25) is 15.6 Å². The fraction of sp³-hybridized carbons (Fsp3) is 0.300. The molecule has 2 aliphatic rings. The SMILES string of the molecule is O=C(NCc1cc(F)cc(Cl)c1)C1(O)CCN(c2ccc3c(c2)CCS(=O)(=O)N3)C1=O. The van der Waals surface area contributed by atoms with Crippen molar-refractivity contribution in [2.24, 2.45) is 0 Å². The van der Waals surface area contributed by atoms with Crippen molar-refractivity contribution in [3.63, 3.8) is 0 Å². The highest BCUT2D eigenvalue weighted by Crippen LogP contribution is 2.33. The number of carbonyl (C=O) groups excluding carboxylic acids is 2. The highest BCUT2D eigenvalue weighted by Gasteiger charge is 2.51. The summed E-state index contributed by atoms with van der Waals surface area (Å²) < 4.78 is 39.3. The Balaban J connectivity index is 1.48. The average Bonchev–Trinajstić information content (AvgIpc) is 3.00. The van der Waals surface area contributed by atoms with E-state index in [1.807, 2.05) is 0 Å². The summed E-state index contributed by atoms with van der Waals surface area (Å²) in [5, 5.41) is 13.4. The summed E-state index contributed by atoms with van der Waals surface area (Å²) in [6.07, 6.45) is 0.173. The number of halogens is 2. The summed E-state index contributed by atoms with van der Waals surface area (Å²) in [5.41, 5.74) is -0.229. The number of anilines is 2. The summed E-state index contributed by atoms with van der Waals surface area (Å²) in [6.45, 7) is 0.00392. The molecule has 2 aromatic carbocycles. The smallest absolute Gasteiger partial charge is 0.268 e. The lowest BCUT2D eigenvalue weighted by Gasteiger charge is -2.24. The minimum atomic E-state index is -3.36. The van der Waals surface area contributed by atoms with E-state index in [-0.39, 0.29) is 30.3 Å². The van der Waals surface area contributed by atoms with Crippen molar-refractivity contribution in [2.75, 3.05) is 21.9 Å². The Labute approximate surface area is 183 Å². The van der Waals surface area contributed by atoms with Crippen LogP contribution in [0.1, 0.15) is 17.5 Å². The zero-order valence-electron chi connectivity index (χ0n) is 16.2. The molecule has 3 N–H and O–H groups in total. The monoisotopic (exact) mass is 467 g/mol. The van der Waals surface area contributed by atoms with Crippen LogP contribution >= 0.6 is 11.6 Å². The van der Waals surface area contributed by atoms with Crippen molar-refractivity contribution in [2.45, 2.75) is 25.0 Å². The minimum absolute atomic E-state index is 0.0617. The molecule has 2 aliphatic heterocycles. The summed E-state index contributed by atoms with van der Waals surface area (Å²) in [7, 11) is -3.36. The van der Waals surface area contributed by atoms with Crippen molar-refractivity contribution in [3.8, 4) is 0 Å². The molecule has 1 unspecified atom stereocenters. The molecule has 0 aromatic heterocycles. The number of amides is 2. The molecule has 2 aromatic rings. The zero-order valence-corrected chi connectivity index (χ0v) is 17.8. The van der Waals surface area contributed by atoms with E-state index in [1.54, 1.807) is 18.2 Å². The quantitative estimate of drug-likeness (QED) is 0.590. The van der Waals surface area contributed by atoms with Crippen molar-refractivity contribution in [3.05, 3.63) is 58.4 Å². The minimum Gasteiger partial charge on any atom is -0.372 e. The second-order valence-corrected chi connectivity index (χ2v) is 9.82. The lowest BCUT2D eigenvalue weighted by atomic mass is 10.0. The first-order chi connectivity index (χ1) is 14.6. The van der Waals surface area contributed by atoms with E-state index >= 15 is 0 Å². The molecular formula is C20H19ClFN3O5S. The van der Waals surface area contributed by atoms with Crippen LogP contribution in [0.3, 0.4) is 0 Å². The normalized spacial score (nSPS) is 22.0. The van der Waals surface area contributed by atoms with E-state index < -0.39 is 33.3 Å². The molecule has 4 rings (SSSR count). The van der Waals surface area contributed by atoms with Gasteiger partial charge in [0.1, 0.15) is 5.82 Å². The van der Waals surface area contributed by atoms with Crippen molar-refractivity contribution in [1.82, 2.24) is 5.32 Å². The van der Waals surface area contributed by atoms with Crippen LogP contribution in [0.5, 0.6) is 0 Å². The second-order valence-electron chi connectivity index (χ2n) is 7.54. The van der Waals surface area contributed by atoms with Crippen LogP contribution in [-0.2, 0) is 32.6 Å². The number of rotatable bonds is 4. The summed E-state index contributed by atoms with van der Waals surface area (Å²) >= 11 is 5.80. The van der Waals surface area contributed by atoms with Crippen LogP contribution < -0.4 is 14.9 Å². The molecule has 1 saturated heterocycles. The number of aliphatic hydroxyl groups is 1. The highest BCUT2D eigenvalue weighted by molar-refractivity contribution is 7.92. The van der Waals surface area contributed by atoms with Crippen LogP contribution in [0, 0.1) is 5.82 Å². The maximum atomic E-state index is 13.4. The largest absolute Gasteiger partial charge is 0.372 e. The maximum Gasteiger partial charge on any atom is 0.268 e. The van der Waals surface area contributed by atoms with E-state index in [9.17, 15) is 27.5 Å². The molecule has 0 aliphatic carbocycles. The fourth-order valence-electron chi connectivity index (χ4n) is 3.72. The average molecular weight is 468 g/mol. The Morgan fingerprint density at radius 3 is 2.81 bits per heavy atom. The Morgan fingerprint density at radius 2 is 2.06 bits per heavy atom. The Bertz CT molecular complexity index is 1170. The molecule has 2 heterocycles. The van der Waals surface area contributed by atoms with Gasteiger partial charge in [-0.1, -0.05) is 11.6 Å². The van der Waals surface area contributed by atoms with Gasteiger partial charge in [0, 0.05) is 30.2 Å². The fourth-order valence-corrected chi connectivity index (χ4v) is 5.09. The predicted molar refractivity (Wildman–Crippen MR) is 113 cm³/mol. The lowest BCUT2D eigenvalue weighted by molar-refractivity contribution is -0.149. The molecule has 2 amide bonds. The van der Waals surface area contributed by atoms with Gasteiger partial charge in [0.25, 0.3) is 11.8 Å². The van der Waals surface area contributed by atoms with E-state index in [4.69, 9.17) is 11.6 Å². The molecule has 0 saturated carbocycles. The molecule has 0 bridgehead atoms. The molecule has 1 atom stereocenters. The lowest BCUT2D eigenvalue weighted by Crippen LogP contribution is -2.52. The zero-order chi connectivity index (χ0) is 22.4. The number of hydrogen-bond donors (Lipinski definition) is 3. The summed E-state index contributed by atoms with van der Waals surface area (Å²) in [6, 6.07) is 8.58. The van der Waals surface area contributed by atoms with Gasteiger partial charge in [-0.2, -0.15) is 0 Å². The number of nitrogens with zero attached hydrogens (tertiary/aromatic N) is 1. The third-order valence-corrected chi connectivity index (χ3v) is 6.84. The number of nitrogens with one attached hydrogen (secondary N) is 2. The van der Waals surface area contributed by atoms with E-state index in [1.165, 1.54) is 17.0 Å². The van der Waals surface area contributed by atoms with E-state index in [0.717, 1.165) is 11.6 Å². The third kappa shape index (κ3) is 4.23. The standard InChI is InChI=1S/C20H19ClFN3O5S/c21-14-7-12(8-15(22)10-14)11-23-18(26)20(28)4-5-25(19(20)27)16-1-2-17-13(9-16)3-6-31(29,30)24-17/h1-2,7-10,24,28H,3-6,11H2,(H,23,26). The van der Waals surface area contributed by atoms with Gasteiger partial charge in [0.15, 0.2) is 0 Å². The number of sulfonamides is 1. The Kier molecular flexibility index (Phi) is 5.40. The van der Waals surface area contributed by atoms with Gasteiger partial charge in [-0.25, -0.2) is 12.8 Å². The number of hydrogen-bond acceptors (Lipinski definition) is 5. The molecule has 8 nitrogen and oxygen atoms in total. The van der Waals surface area contributed by atoms with Gasteiger partial charge in [-0.05, 0) is 53.9 Å². The van der Waals surface area contributed by atoms with Gasteiger partial charge < -0.3 is 15.3 Å². The van der Waals surface area contributed by atoms with Gasteiger partial charge in [0.05, 0.1) is 11.4 Å². The van der Waals surface area contributed by atoms with Crippen molar-refractivity contribution >= 4 is 44.8 Å². The van der Waals surface area contributed by atoms with Gasteiger partial charge in [-0.15, -0.1) is 0 Å². The van der Waals surface area contributed by atoms with Crippen molar-refractivity contribution < 1.29 is 27.5 Å². The molecule has 31 heavy (non-hydrogen) atoms. The topological polar surface area (TPSA) is 116 Å². The van der Waals surface area contributed by atoms with E-state index in [0.29, 0.717) is 23.4 Å². The molecular weight excluding hydrogens is 449 g/mol. The molecule has 11 heteroatoms. The number of fused-ring (bicyclic) bond motifs is 1.